The summed E-state index contributed by atoms with van der Waals surface area (Å²) in [4.78, 5) is 25.8. The standard InChI is InChI=1S/C20H29N3O4/c1-19(2,3)27-18(25)22-14-20(15-22)9-11-23(12-10-20)21-17(24)26-13-16-7-5-4-6-8-16/h4-8H,9-15H2,1-3H3,(H,21,24). The van der Waals surface area contributed by atoms with Gasteiger partial charge in [-0.3, -0.25) is 5.43 Å². The van der Waals surface area contributed by atoms with Crippen LogP contribution in [0.2, 0.25) is 0 Å². The zero-order chi connectivity index (χ0) is 19.5. The van der Waals surface area contributed by atoms with Crippen LogP contribution in [0, 0.1) is 5.41 Å². The summed E-state index contributed by atoms with van der Waals surface area (Å²) < 4.78 is 10.7. The molecular weight excluding hydrogens is 346 g/mol. The molecular formula is C20H29N3O4. The van der Waals surface area contributed by atoms with Gasteiger partial charge in [-0.2, -0.15) is 0 Å². The number of rotatable bonds is 3. The van der Waals surface area contributed by atoms with E-state index in [0.717, 1.165) is 44.6 Å². The van der Waals surface area contributed by atoms with E-state index in [0.29, 0.717) is 0 Å². The van der Waals surface area contributed by atoms with Crippen LogP contribution < -0.4 is 5.43 Å². The van der Waals surface area contributed by atoms with Crippen molar-refractivity contribution >= 4 is 12.2 Å². The normalized spacial score (nSPS) is 19.3. The molecule has 0 saturated carbocycles. The lowest BCUT2D eigenvalue weighted by molar-refractivity contribution is -0.0645. The number of nitrogens with zero attached hydrogens (tertiary/aromatic N) is 2. The number of hydrazine groups is 1. The van der Waals surface area contributed by atoms with Gasteiger partial charge in [0.05, 0.1) is 0 Å². The quantitative estimate of drug-likeness (QED) is 0.879. The Balaban J connectivity index is 1.36. The van der Waals surface area contributed by atoms with Gasteiger partial charge in [-0.1, -0.05) is 30.3 Å². The third-order valence-electron chi connectivity index (χ3n) is 4.99. The maximum atomic E-state index is 12.1. The number of hydrogen-bond acceptors (Lipinski definition) is 5. The molecule has 0 atom stereocenters. The Bertz CT molecular complexity index is 656. The highest BCUT2D eigenvalue weighted by atomic mass is 16.6. The monoisotopic (exact) mass is 375 g/mol. The van der Waals surface area contributed by atoms with Crippen molar-refractivity contribution in [3.05, 3.63) is 35.9 Å². The van der Waals surface area contributed by atoms with E-state index in [2.05, 4.69) is 5.43 Å². The molecule has 3 rings (SSSR count). The predicted octanol–water partition coefficient (Wildman–Crippen LogP) is 3.16. The fourth-order valence-corrected chi connectivity index (χ4v) is 3.51. The van der Waals surface area contributed by atoms with Gasteiger partial charge in [0.1, 0.15) is 12.2 Å². The second-order valence-electron chi connectivity index (χ2n) is 8.50. The summed E-state index contributed by atoms with van der Waals surface area (Å²) in [6.07, 6.45) is 1.20. The van der Waals surface area contributed by atoms with Gasteiger partial charge < -0.3 is 14.4 Å². The molecule has 2 amide bonds. The summed E-state index contributed by atoms with van der Waals surface area (Å²) in [5, 5.41) is 1.90. The fraction of sp³-hybridized carbons (Fsp3) is 0.600. The molecule has 2 fully saturated rings. The van der Waals surface area contributed by atoms with Crippen molar-refractivity contribution in [1.82, 2.24) is 15.3 Å². The van der Waals surface area contributed by atoms with E-state index in [-0.39, 0.29) is 18.1 Å². The Morgan fingerprint density at radius 3 is 2.33 bits per heavy atom. The van der Waals surface area contributed by atoms with Gasteiger partial charge in [0.25, 0.3) is 0 Å². The lowest BCUT2D eigenvalue weighted by Gasteiger charge is -2.53. The average Bonchev–Trinajstić information content (AvgIpc) is 2.58. The van der Waals surface area contributed by atoms with Crippen LogP contribution in [-0.2, 0) is 16.1 Å². The molecule has 2 saturated heterocycles. The van der Waals surface area contributed by atoms with Gasteiger partial charge in [-0.25, -0.2) is 14.6 Å². The minimum Gasteiger partial charge on any atom is -0.444 e. The summed E-state index contributed by atoms with van der Waals surface area (Å²) in [5.74, 6) is 0. The smallest absolute Gasteiger partial charge is 0.422 e. The largest absolute Gasteiger partial charge is 0.444 e. The maximum absolute atomic E-state index is 12.1. The van der Waals surface area contributed by atoms with Crippen molar-refractivity contribution in [2.24, 2.45) is 5.41 Å². The SMILES string of the molecule is CC(C)(C)OC(=O)N1CC2(CCN(NC(=O)OCc3ccccc3)CC2)C1. The van der Waals surface area contributed by atoms with Crippen LogP contribution in [0.4, 0.5) is 9.59 Å². The topological polar surface area (TPSA) is 71.1 Å². The second kappa shape index (κ2) is 7.76. The predicted molar refractivity (Wildman–Crippen MR) is 101 cm³/mol. The lowest BCUT2D eigenvalue weighted by Crippen LogP contribution is -2.63. The Morgan fingerprint density at radius 1 is 1.11 bits per heavy atom. The maximum Gasteiger partial charge on any atom is 0.422 e. The third-order valence-corrected chi connectivity index (χ3v) is 4.99. The van der Waals surface area contributed by atoms with Crippen molar-refractivity contribution in [3.8, 4) is 0 Å². The van der Waals surface area contributed by atoms with E-state index >= 15 is 0 Å². The van der Waals surface area contributed by atoms with Crippen LogP contribution in [0.1, 0.15) is 39.2 Å². The lowest BCUT2D eigenvalue weighted by atomic mass is 9.72. The highest BCUT2D eigenvalue weighted by Crippen LogP contribution is 2.40. The zero-order valence-corrected chi connectivity index (χ0v) is 16.4. The third kappa shape index (κ3) is 5.35. The Hall–Kier alpha value is -2.28. The van der Waals surface area contributed by atoms with Crippen LogP contribution in [-0.4, -0.2) is 53.9 Å². The molecule has 1 spiro atoms. The first-order valence-corrected chi connectivity index (χ1v) is 9.45. The van der Waals surface area contributed by atoms with Gasteiger partial charge in [-0.15, -0.1) is 0 Å². The number of carbonyl (C=O) groups excluding carboxylic acids is 2. The minimum absolute atomic E-state index is 0.156. The van der Waals surface area contributed by atoms with Gasteiger partial charge in [0.15, 0.2) is 0 Å². The summed E-state index contributed by atoms with van der Waals surface area (Å²) in [5.41, 5.74) is 3.46. The molecule has 0 aliphatic carbocycles. The summed E-state index contributed by atoms with van der Waals surface area (Å²) in [6.45, 7) is 8.85. The van der Waals surface area contributed by atoms with Gasteiger partial charge >= 0.3 is 12.2 Å². The minimum atomic E-state index is -0.465. The molecule has 1 aromatic carbocycles. The average molecular weight is 375 g/mol. The van der Waals surface area contributed by atoms with E-state index in [1.807, 2.05) is 56.1 Å². The molecule has 0 radical (unpaired) electrons. The molecule has 0 aromatic heterocycles. The van der Waals surface area contributed by atoms with Crippen molar-refractivity contribution in [2.75, 3.05) is 26.2 Å². The van der Waals surface area contributed by atoms with Crippen LogP contribution in [0.3, 0.4) is 0 Å². The summed E-state index contributed by atoms with van der Waals surface area (Å²) in [6, 6.07) is 9.60. The highest BCUT2D eigenvalue weighted by molar-refractivity contribution is 5.69. The molecule has 1 N–H and O–H groups in total. The summed E-state index contributed by atoms with van der Waals surface area (Å²) >= 11 is 0. The number of nitrogens with one attached hydrogen (secondary N) is 1. The molecule has 2 aliphatic heterocycles. The molecule has 7 heteroatoms. The molecule has 2 aliphatic rings. The van der Waals surface area contributed by atoms with Crippen molar-refractivity contribution in [1.29, 1.82) is 0 Å². The molecule has 2 heterocycles. The van der Waals surface area contributed by atoms with E-state index in [1.54, 1.807) is 4.90 Å². The van der Waals surface area contributed by atoms with E-state index in [1.165, 1.54) is 0 Å². The first-order chi connectivity index (χ1) is 12.7. The molecule has 1 aromatic rings. The molecule has 0 bridgehead atoms. The fourth-order valence-electron chi connectivity index (χ4n) is 3.51. The van der Waals surface area contributed by atoms with Crippen LogP contribution in [0.15, 0.2) is 30.3 Å². The second-order valence-corrected chi connectivity index (χ2v) is 8.50. The molecule has 0 unspecified atom stereocenters. The molecule has 7 nitrogen and oxygen atoms in total. The Labute approximate surface area is 160 Å². The number of benzene rings is 1. The number of carbonyl (C=O) groups is 2. The highest BCUT2D eigenvalue weighted by Gasteiger charge is 2.47. The van der Waals surface area contributed by atoms with Crippen LogP contribution in [0.5, 0.6) is 0 Å². The Kier molecular flexibility index (Phi) is 5.60. The number of hydrogen-bond donors (Lipinski definition) is 1. The zero-order valence-electron chi connectivity index (χ0n) is 16.4. The van der Waals surface area contributed by atoms with Gasteiger partial charge in [-0.05, 0) is 39.2 Å². The Morgan fingerprint density at radius 2 is 1.74 bits per heavy atom. The van der Waals surface area contributed by atoms with E-state index in [4.69, 9.17) is 9.47 Å². The van der Waals surface area contributed by atoms with Gasteiger partial charge in [0.2, 0.25) is 0 Å². The van der Waals surface area contributed by atoms with Crippen LogP contribution >= 0.6 is 0 Å². The van der Waals surface area contributed by atoms with Gasteiger partial charge in [0, 0.05) is 31.6 Å². The van der Waals surface area contributed by atoms with Crippen molar-refractivity contribution < 1.29 is 19.1 Å². The molecule has 27 heavy (non-hydrogen) atoms. The number of likely N-dealkylation sites (tertiary alicyclic amines) is 1. The molecule has 148 valence electrons. The number of piperidine rings is 1. The summed E-state index contributed by atoms with van der Waals surface area (Å²) in [7, 11) is 0. The first-order valence-electron chi connectivity index (χ1n) is 9.45. The van der Waals surface area contributed by atoms with Crippen molar-refractivity contribution in [2.45, 2.75) is 45.8 Å². The van der Waals surface area contributed by atoms with Crippen molar-refractivity contribution in [3.63, 3.8) is 0 Å². The first kappa shape index (κ1) is 19.5. The van der Waals surface area contributed by atoms with Crippen LogP contribution in [0.25, 0.3) is 0 Å². The van der Waals surface area contributed by atoms with E-state index < -0.39 is 11.7 Å². The van der Waals surface area contributed by atoms with E-state index in [9.17, 15) is 9.59 Å². The number of amides is 2. The number of ether oxygens (including phenoxy) is 2.